The minimum absolute atomic E-state index is 0.120. The molecular formula is C13H26N2O2S. The molecule has 106 valence electrons. The van der Waals surface area contributed by atoms with Gasteiger partial charge in [-0.2, -0.15) is 0 Å². The minimum Gasteiger partial charge on any atom is -0.313 e. The fourth-order valence-corrected chi connectivity index (χ4v) is 5.39. The van der Waals surface area contributed by atoms with E-state index in [1.54, 1.807) is 0 Å². The Labute approximate surface area is 111 Å². The van der Waals surface area contributed by atoms with Crippen LogP contribution in [0.15, 0.2) is 0 Å². The van der Waals surface area contributed by atoms with Crippen molar-refractivity contribution in [1.29, 1.82) is 0 Å². The monoisotopic (exact) mass is 274 g/mol. The molecule has 1 N–H and O–H groups in total. The minimum atomic E-state index is -2.80. The van der Waals surface area contributed by atoms with Gasteiger partial charge in [0.15, 0.2) is 9.84 Å². The summed E-state index contributed by atoms with van der Waals surface area (Å²) in [5.74, 6) is 0.716. The Bertz CT molecular complexity index is 382. The molecular weight excluding hydrogens is 248 g/mol. The maximum Gasteiger partial charge on any atom is 0.152 e. The topological polar surface area (TPSA) is 49.4 Å². The van der Waals surface area contributed by atoms with E-state index in [4.69, 9.17) is 0 Å². The molecule has 0 spiro atoms. The summed E-state index contributed by atoms with van der Waals surface area (Å²) in [5, 5.41) is 3.57. The fourth-order valence-electron chi connectivity index (χ4n) is 3.23. The summed E-state index contributed by atoms with van der Waals surface area (Å²) in [6.07, 6.45) is 4.36. The summed E-state index contributed by atoms with van der Waals surface area (Å²) >= 11 is 0. The van der Waals surface area contributed by atoms with Gasteiger partial charge >= 0.3 is 0 Å². The van der Waals surface area contributed by atoms with Crippen LogP contribution in [0.3, 0.4) is 0 Å². The molecule has 2 aliphatic rings. The van der Waals surface area contributed by atoms with E-state index < -0.39 is 9.84 Å². The molecule has 0 radical (unpaired) electrons. The van der Waals surface area contributed by atoms with Crippen LogP contribution in [0.1, 0.15) is 39.5 Å². The Morgan fingerprint density at radius 3 is 2.83 bits per heavy atom. The maximum absolute atomic E-state index is 11.7. The number of nitrogens with one attached hydrogen (secondary N) is 1. The third kappa shape index (κ3) is 3.25. The van der Waals surface area contributed by atoms with Crippen molar-refractivity contribution in [2.75, 3.05) is 31.1 Å². The van der Waals surface area contributed by atoms with Crippen LogP contribution in [0.2, 0.25) is 0 Å². The first-order valence-electron chi connectivity index (χ1n) is 7.14. The molecule has 2 rings (SSSR count). The van der Waals surface area contributed by atoms with Gasteiger partial charge in [0.25, 0.3) is 0 Å². The second-order valence-electron chi connectivity index (χ2n) is 6.08. The normalized spacial score (nSPS) is 36.9. The van der Waals surface area contributed by atoms with Gasteiger partial charge < -0.3 is 5.32 Å². The molecule has 18 heavy (non-hydrogen) atoms. The highest BCUT2D eigenvalue weighted by molar-refractivity contribution is 7.91. The zero-order valence-electron chi connectivity index (χ0n) is 11.6. The molecule has 4 nitrogen and oxygen atoms in total. The Kier molecular flexibility index (Phi) is 4.34. The Morgan fingerprint density at radius 1 is 1.44 bits per heavy atom. The summed E-state index contributed by atoms with van der Waals surface area (Å²) in [6, 6.07) is 0.541. The van der Waals surface area contributed by atoms with Gasteiger partial charge in [-0.15, -0.1) is 0 Å². The summed E-state index contributed by atoms with van der Waals surface area (Å²) in [7, 11) is -2.80. The molecule has 2 heterocycles. The van der Waals surface area contributed by atoms with Crippen LogP contribution in [0, 0.1) is 0 Å². The third-order valence-electron chi connectivity index (χ3n) is 4.35. The summed E-state index contributed by atoms with van der Waals surface area (Å²) in [6.45, 7) is 7.42. The SMILES string of the molecule is CCCNC1CCCN(C2(C)CCS(=O)(=O)C2)C1. The largest absolute Gasteiger partial charge is 0.313 e. The molecule has 0 saturated carbocycles. The van der Waals surface area contributed by atoms with E-state index >= 15 is 0 Å². The van der Waals surface area contributed by atoms with Crippen molar-refractivity contribution in [2.45, 2.75) is 51.1 Å². The van der Waals surface area contributed by atoms with E-state index in [0.29, 0.717) is 17.5 Å². The standard InChI is InChI=1S/C13H26N2O2S/c1-3-7-14-12-5-4-8-15(10-12)13(2)6-9-18(16,17)11-13/h12,14H,3-11H2,1-2H3. The lowest BCUT2D eigenvalue weighted by Crippen LogP contribution is -2.55. The highest BCUT2D eigenvalue weighted by atomic mass is 32.2. The number of hydrogen-bond acceptors (Lipinski definition) is 4. The fraction of sp³-hybridized carbons (Fsp3) is 1.00. The first kappa shape index (κ1) is 14.3. The zero-order valence-corrected chi connectivity index (χ0v) is 12.4. The van der Waals surface area contributed by atoms with Gasteiger partial charge in [-0.3, -0.25) is 4.90 Å². The van der Waals surface area contributed by atoms with E-state index in [0.717, 1.165) is 32.5 Å². The number of piperidine rings is 1. The van der Waals surface area contributed by atoms with Gasteiger partial charge in [0.05, 0.1) is 11.5 Å². The van der Waals surface area contributed by atoms with Crippen LogP contribution in [-0.2, 0) is 9.84 Å². The van der Waals surface area contributed by atoms with Gasteiger partial charge in [0.1, 0.15) is 0 Å². The molecule has 2 unspecified atom stereocenters. The highest BCUT2D eigenvalue weighted by Gasteiger charge is 2.43. The van der Waals surface area contributed by atoms with E-state index in [2.05, 4.69) is 24.1 Å². The second kappa shape index (κ2) is 5.47. The van der Waals surface area contributed by atoms with E-state index in [9.17, 15) is 8.42 Å². The maximum atomic E-state index is 11.7. The quantitative estimate of drug-likeness (QED) is 0.832. The number of sulfone groups is 1. The first-order valence-corrected chi connectivity index (χ1v) is 8.96. The molecule has 0 aliphatic carbocycles. The van der Waals surface area contributed by atoms with E-state index in [1.807, 2.05) is 0 Å². The molecule has 2 atom stereocenters. The smallest absolute Gasteiger partial charge is 0.152 e. The van der Waals surface area contributed by atoms with Crippen molar-refractivity contribution < 1.29 is 8.42 Å². The average Bonchev–Trinajstić information content (AvgIpc) is 2.63. The van der Waals surface area contributed by atoms with Crippen molar-refractivity contribution in [1.82, 2.24) is 10.2 Å². The molecule has 0 bridgehead atoms. The van der Waals surface area contributed by atoms with Crippen molar-refractivity contribution in [3.05, 3.63) is 0 Å². The van der Waals surface area contributed by atoms with Crippen LogP contribution in [0.5, 0.6) is 0 Å². The molecule has 0 aromatic rings. The highest BCUT2D eigenvalue weighted by Crippen LogP contribution is 2.31. The second-order valence-corrected chi connectivity index (χ2v) is 8.26. The van der Waals surface area contributed by atoms with Gasteiger partial charge in [-0.25, -0.2) is 8.42 Å². The number of likely N-dealkylation sites (tertiary alicyclic amines) is 1. The van der Waals surface area contributed by atoms with E-state index in [-0.39, 0.29) is 5.54 Å². The predicted octanol–water partition coefficient (Wildman–Crippen LogP) is 1.03. The first-order chi connectivity index (χ1) is 8.45. The molecule has 2 aliphatic heterocycles. The van der Waals surface area contributed by atoms with Gasteiger partial charge in [0, 0.05) is 18.1 Å². The van der Waals surface area contributed by atoms with Gasteiger partial charge in [0.2, 0.25) is 0 Å². The lowest BCUT2D eigenvalue weighted by molar-refractivity contribution is 0.0826. The zero-order chi connectivity index (χ0) is 13.2. The van der Waals surface area contributed by atoms with Crippen molar-refractivity contribution in [3.63, 3.8) is 0 Å². The number of nitrogens with zero attached hydrogens (tertiary/aromatic N) is 1. The van der Waals surface area contributed by atoms with Gasteiger partial charge in [-0.1, -0.05) is 6.92 Å². The van der Waals surface area contributed by atoms with Gasteiger partial charge in [-0.05, 0) is 45.7 Å². The lowest BCUT2D eigenvalue weighted by Gasteiger charge is -2.43. The third-order valence-corrected chi connectivity index (χ3v) is 6.24. The molecule has 0 aromatic heterocycles. The van der Waals surface area contributed by atoms with Crippen molar-refractivity contribution in [3.8, 4) is 0 Å². The molecule has 0 aromatic carbocycles. The summed E-state index contributed by atoms with van der Waals surface area (Å²) in [4.78, 5) is 2.41. The molecule has 5 heteroatoms. The van der Waals surface area contributed by atoms with Crippen LogP contribution < -0.4 is 5.32 Å². The Morgan fingerprint density at radius 2 is 2.22 bits per heavy atom. The van der Waals surface area contributed by atoms with Crippen molar-refractivity contribution in [2.24, 2.45) is 0 Å². The Hall–Kier alpha value is -0.130. The van der Waals surface area contributed by atoms with Crippen LogP contribution >= 0.6 is 0 Å². The lowest BCUT2D eigenvalue weighted by atomic mass is 9.94. The van der Waals surface area contributed by atoms with Crippen LogP contribution in [-0.4, -0.2) is 56.0 Å². The number of rotatable bonds is 4. The Balaban J connectivity index is 1.96. The molecule has 0 amide bonds. The van der Waals surface area contributed by atoms with Crippen LogP contribution in [0.4, 0.5) is 0 Å². The molecule has 2 fully saturated rings. The summed E-state index contributed by atoms with van der Waals surface area (Å²) in [5.41, 5.74) is -0.120. The average molecular weight is 274 g/mol. The summed E-state index contributed by atoms with van der Waals surface area (Å²) < 4.78 is 23.4. The number of hydrogen-bond donors (Lipinski definition) is 1. The van der Waals surface area contributed by atoms with Crippen molar-refractivity contribution >= 4 is 9.84 Å². The predicted molar refractivity (Wildman–Crippen MR) is 74.6 cm³/mol. The van der Waals surface area contributed by atoms with E-state index in [1.165, 1.54) is 12.8 Å². The van der Waals surface area contributed by atoms with Crippen LogP contribution in [0.25, 0.3) is 0 Å². The molecule has 2 saturated heterocycles.